The second kappa shape index (κ2) is 17.4. The second-order valence-electron chi connectivity index (χ2n) is 11.8. The van der Waals surface area contributed by atoms with Crippen molar-refractivity contribution in [2.45, 2.75) is 71.4 Å². The zero-order valence-corrected chi connectivity index (χ0v) is 26.1. The number of amides is 3. The zero-order chi connectivity index (χ0) is 33.6. The summed E-state index contributed by atoms with van der Waals surface area (Å²) in [6.45, 7) is 4.54. The highest BCUT2D eigenvalue weighted by atomic mass is 16.2. The number of carbonyl (C=O) groups is 6. The van der Waals surface area contributed by atoms with Crippen LogP contribution in [0.2, 0.25) is 0 Å². The molecule has 0 aliphatic carbocycles. The number of primary amides is 1. The Morgan fingerprint density at radius 2 is 1.42 bits per heavy atom. The third-order valence-electron chi connectivity index (χ3n) is 7.31. The van der Waals surface area contributed by atoms with Crippen molar-refractivity contribution < 1.29 is 28.8 Å². The molecule has 2 rings (SSSR count). The molecule has 0 aliphatic rings. The normalized spacial score (nSPS) is 13.0. The number of aliphatic imine (C=N–C) groups is 1. The fourth-order valence-corrected chi connectivity index (χ4v) is 4.61. The Kier molecular flexibility index (Phi) is 14.1. The lowest BCUT2D eigenvalue weighted by atomic mass is 9.84. The van der Waals surface area contributed by atoms with E-state index in [2.05, 4.69) is 15.6 Å². The number of carbonyl (C=O) groups excluding carboxylic acids is 6. The van der Waals surface area contributed by atoms with Gasteiger partial charge >= 0.3 is 0 Å². The van der Waals surface area contributed by atoms with Gasteiger partial charge in [0.15, 0.2) is 11.7 Å². The van der Waals surface area contributed by atoms with E-state index >= 15 is 0 Å². The van der Waals surface area contributed by atoms with E-state index in [4.69, 9.17) is 17.2 Å². The predicted molar refractivity (Wildman–Crippen MR) is 170 cm³/mol. The van der Waals surface area contributed by atoms with Crippen molar-refractivity contribution >= 4 is 41.0 Å². The third kappa shape index (κ3) is 12.7. The van der Waals surface area contributed by atoms with Gasteiger partial charge in [0.25, 0.3) is 5.91 Å². The monoisotopic (exact) mass is 620 g/mol. The average Bonchev–Trinajstić information content (AvgIpc) is 2.98. The summed E-state index contributed by atoms with van der Waals surface area (Å²) >= 11 is 0. The molecule has 0 saturated heterocycles. The maximum Gasteiger partial charge on any atom is 0.290 e. The van der Waals surface area contributed by atoms with Gasteiger partial charge in [-0.15, -0.1) is 0 Å². The van der Waals surface area contributed by atoms with E-state index in [-0.39, 0.29) is 50.4 Å². The van der Waals surface area contributed by atoms with Crippen molar-refractivity contribution in [2.24, 2.45) is 33.5 Å². The Bertz CT molecular complexity index is 1370. The lowest BCUT2D eigenvalue weighted by molar-refractivity contribution is -0.142. The van der Waals surface area contributed by atoms with Crippen molar-refractivity contribution in [3.8, 4) is 0 Å². The first-order chi connectivity index (χ1) is 21.2. The molecule has 0 saturated carbocycles. The first kappa shape index (κ1) is 36.3. The fourth-order valence-electron chi connectivity index (χ4n) is 4.61. The van der Waals surface area contributed by atoms with E-state index in [1.54, 1.807) is 0 Å². The first-order valence-electron chi connectivity index (χ1n) is 14.8. The number of guanidine groups is 1. The van der Waals surface area contributed by atoms with Gasteiger partial charge in [0.2, 0.25) is 17.6 Å². The summed E-state index contributed by atoms with van der Waals surface area (Å²) in [4.78, 5) is 81.1. The van der Waals surface area contributed by atoms with Gasteiger partial charge in [0.1, 0.15) is 5.78 Å². The predicted octanol–water partition coefficient (Wildman–Crippen LogP) is 1.13. The summed E-state index contributed by atoms with van der Waals surface area (Å²) in [6.07, 6.45) is 0.458. The van der Waals surface area contributed by atoms with Crippen LogP contribution in [0.3, 0.4) is 0 Å². The molecule has 2 aromatic rings. The van der Waals surface area contributed by atoms with Gasteiger partial charge in [-0.1, -0.05) is 74.5 Å². The van der Waals surface area contributed by atoms with Crippen LogP contribution in [0.5, 0.6) is 0 Å². The molecule has 0 aliphatic heterocycles. The Morgan fingerprint density at radius 1 is 0.844 bits per heavy atom. The fraction of sp³-hybridized carbons (Fsp3) is 0.424. The molecule has 0 radical (unpaired) electrons. The van der Waals surface area contributed by atoms with Crippen molar-refractivity contribution in [1.82, 2.24) is 10.6 Å². The number of nitrogens with zero attached hydrogens (tertiary/aromatic N) is 1. The van der Waals surface area contributed by atoms with Crippen LogP contribution in [0.25, 0.3) is 0 Å². The molecule has 2 aromatic carbocycles. The van der Waals surface area contributed by atoms with Crippen LogP contribution in [0.4, 0.5) is 0 Å². The highest BCUT2D eigenvalue weighted by Crippen LogP contribution is 2.22. The molecule has 8 N–H and O–H groups in total. The number of nitrogens with one attached hydrogen (secondary N) is 2. The highest BCUT2D eigenvalue weighted by molar-refractivity contribution is 6.38. The first-order valence-corrected chi connectivity index (χ1v) is 14.8. The van der Waals surface area contributed by atoms with Crippen LogP contribution in [0.15, 0.2) is 65.7 Å². The number of rotatable bonds is 19. The van der Waals surface area contributed by atoms with Crippen LogP contribution in [-0.4, -0.2) is 59.7 Å². The summed E-state index contributed by atoms with van der Waals surface area (Å²) in [5, 5.41) is 5.02. The molecule has 45 heavy (non-hydrogen) atoms. The molecule has 1 unspecified atom stereocenters. The van der Waals surface area contributed by atoms with Crippen molar-refractivity contribution in [3.63, 3.8) is 0 Å². The standard InChI is InChI=1S/C33H44N6O6/c1-21(28(42)30(44)39-26(15-10-16-37-32(35)36)27(41)20-33(2,3)31(34)45)38-29(43)24(17-22-11-6-4-7-12-22)19-25(40)18-23-13-8-5-9-14-23/h4-9,11-14,21,24,26H,10,15-20H2,1-3H3,(H2,34,45)(H,38,43)(H,39,44)(H4,35,36,37)/t21?,24-,26+/m1/s1. The third-order valence-corrected chi connectivity index (χ3v) is 7.31. The molecule has 0 heterocycles. The molecule has 242 valence electrons. The molecule has 0 spiro atoms. The number of ketones is 3. The van der Waals surface area contributed by atoms with Crippen LogP contribution in [0.1, 0.15) is 57.6 Å². The van der Waals surface area contributed by atoms with Gasteiger partial charge in [0, 0.05) is 31.7 Å². The topological polar surface area (TPSA) is 217 Å². The molecule has 12 heteroatoms. The molecular weight excluding hydrogens is 576 g/mol. The second-order valence-corrected chi connectivity index (χ2v) is 11.8. The Labute approximate surface area is 263 Å². The molecule has 0 bridgehead atoms. The van der Waals surface area contributed by atoms with E-state index in [0.29, 0.717) is 6.42 Å². The van der Waals surface area contributed by atoms with Crippen molar-refractivity contribution in [3.05, 3.63) is 71.8 Å². The molecule has 0 fully saturated rings. The lowest BCUT2D eigenvalue weighted by Gasteiger charge is -2.24. The Hall–Kier alpha value is -4.87. The largest absolute Gasteiger partial charge is 0.370 e. The van der Waals surface area contributed by atoms with Crippen LogP contribution < -0.4 is 27.8 Å². The lowest BCUT2D eigenvalue weighted by Crippen LogP contribution is -2.52. The van der Waals surface area contributed by atoms with E-state index < -0.39 is 52.7 Å². The minimum absolute atomic E-state index is 0.0647. The SMILES string of the molecule is CC(NC(=O)[C@@H](CC(=O)Cc1ccccc1)Cc1ccccc1)C(=O)C(=O)N[C@@H](CCCN=C(N)N)C(=O)CC(C)(C)C(N)=O. The van der Waals surface area contributed by atoms with Crippen molar-refractivity contribution in [1.29, 1.82) is 0 Å². The van der Waals surface area contributed by atoms with Crippen LogP contribution in [0, 0.1) is 11.3 Å². The van der Waals surface area contributed by atoms with E-state index in [1.165, 1.54) is 20.8 Å². The average molecular weight is 621 g/mol. The minimum Gasteiger partial charge on any atom is -0.370 e. The van der Waals surface area contributed by atoms with Crippen LogP contribution in [-0.2, 0) is 41.6 Å². The van der Waals surface area contributed by atoms with Crippen LogP contribution >= 0.6 is 0 Å². The van der Waals surface area contributed by atoms with Crippen molar-refractivity contribution in [2.75, 3.05) is 6.54 Å². The van der Waals surface area contributed by atoms with Gasteiger partial charge < -0.3 is 27.8 Å². The number of benzene rings is 2. The molecule has 3 atom stereocenters. The van der Waals surface area contributed by atoms with Gasteiger partial charge in [0.05, 0.1) is 17.5 Å². The van der Waals surface area contributed by atoms with E-state index in [9.17, 15) is 28.8 Å². The molecule has 3 amide bonds. The number of Topliss-reactive ketones (excluding diaryl/α,β-unsaturated/α-hetero) is 3. The highest BCUT2D eigenvalue weighted by Gasteiger charge is 2.34. The number of hydrogen-bond acceptors (Lipinski definition) is 7. The minimum atomic E-state index is -1.25. The van der Waals surface area contributed by atoms with E-state index in [0.717, 1.165) is 11.1 Å². The molecular formula is C33H44N6O6. The maximum atomic E-state index is 13.4. The maximum absolute atomic E-state index is 13.4. The van der Waals surface area contributed by atoms with Gasteiger partial charge in [-0.2, -0.15) is 0 Å². The van der Waals surface area contributed by atoms with Gasteiger partial charge in [-0.25, -0.2) is 0 Å². The zero-order valence-electron chi connectivity index (χ0n) is 26.1. The molecule has 12 nitrogen and oxygen atoms in total. The summed E-state index contributed by atoms with van der Waals surface area (Å²) in [6, 6.07) is 16.0. The Morgan fingerprint density at radius 3 is 1.98 bits per heavy atom. The van der Waals surface area contributed by atoms with Gasteiger partial charge in [-0.3, -0.25) is 33.8 Å². The van der Waals surface area contributed by atoms with Gasteiger partial charge in [-0.05, 0) is 37.3 Å². The number of nitrogens with two attached hydrogens (primary N) is 3. The van der Waals surface area contributed by atoms with E-state index in [1.807, 2.05) is 60.7 Å². The smallest absolute Gasteiger partial charge is 0.290 e. The molecule has 0 aromatic heterocycles. The summed E-state index contributed by atoms with van der Waals surface area (Å²) in [7, 11) is 0. The quantitative estimate of drug-likeness (QED) is 0.0662. The number of hydrogen-bond donors (Lipinski definition) is 5. The summed E-state index contributed by atoms with van der Waals surface area (Å²) < 4.78 is 0. The summed E-state index contributed by atoms with van der Waals surface area (Å²) in [5.41, 5.74) is 16.6. The summed E-state index contributed by atoms with van der Waals surface area (Å²) in [5.74, 6) is -4.88. The Balaban J connectivity index is 2.13.